The van der Waals surface area contributed by atoms with Crippen LogP contribution in [0.4, 0.5) is 5.95 Å². The highest BCUT2D eigenvalue weighted by Crippen LogP contribution is 2.31. The molecule has 0 unspecified atom stereocenters. The molecule has 0 radical (unpaired) electrons. The molecular weight excluding hydrogens is 298 g/mol. The Morgan fingerprint density at radius 3 is 2.83 bits per heavy atom. The van der Waals surface area contributed by atoms with Crippen molar-refractivity contribution in [1.29, 1.82) is 0 Å². The molecular formula is C15H23N5O3. The van der Waals surface area contributed by atoms with Gasteiger partial charge in [-0.25, -0.2) is 25.9 Å². The monoisotopic (exact) mass is 321 g/mol. The Balaban J connectivity index is 2.11. The fourth-order valence-corrected chi connectivity index (χ4v) is 3.02. The van der Waals surface area contributed by atoms with Crippen LogP contribution in [0.5, 0.6) is 0 Å². The summed E-state index contributed by atoms with van der Waals surface area (Å²) < 4.78 is 0. The first-order valence-corrected chi connectivity index (χ1v) is 7.80. The Labute approximate surface area is 135 Å². The van der Waals surface area contributed by atoms with Crippen LogP contribution in [0, 0.1) is 18.8 Å². The highest BCUT2D eigenvalue weighted by Gasteiger charge is 2.30. The molecule has 1 atom stereocenters. The van der Waals surface area contributed by atoms with E-state index >= 15 is 0 Å². The van der Waals surface area contributed by atoms with Gasteiger partial charge in [-0.1, -0.05) is 25.7 Å². The van der Waals surface area contributed by atoms with Gasteiger partial charge in [-0.2, -0.15) is 0 Å². The molecule has 1 aromatic rings. The number of carbonyl (C=O) groups is 2. The fraction of sp³-hybridized carbons (Fsp3) is 0.600. The summed E-state index contributed by atoms with van der Waals surface area (Å²) >= 11 is 0. The van der Waals surface area contributed by atoms with Crippen molar-refractivity contribution in [3.63, 3.8) is 0 Å². The van der Waals surface area contributed by atoms with Crippen molar-refractivity contribution < 1.29 is 14.8 Å². The molecule has 3 N–H and O–H groups in total. The number of hydrogen-bond acceptors (Lipinski definition) is 6. The van der Waals surface area contributed by atoms with Crippen LogP contribution in [0.2, 0.25) is 0 Å². The minimum atomic E-state index is -0.581. The molecule has 0 aromatic carbocycles. The van der Waals surface area contributed by atoms with Crippen LogP contribution >= 0.6 is 0 Å². The van der Waals surface area contributed by atoms with Gasteiger partial charge >= 0.3 is 0 Å². The molecule has 0 bridgehead atoms. The standard InChI is InChI=1S/C15H23N5O3/c1-11-6-7-17-15(18-11)20(16)14(22)13(9-19(23)10-21)8-12-4-2-3-5-12/h6-7,10,12-13,23H,2-5,8-9,16H2,1H3/t13-/m0/s1. The van der Waals surface area contributed by atoms with Crippen LogP contribution in [0.25, 0.3) is 0 Å². The summed E-state index contributed by atoms with van der Waals surface area (Å²) in [5.74, 6) is 5.42. The molecule has 126 valence electrons. The molecule has 1 aliphatic rings. The predicted octanol–water partition coefficient (Wildman–Crippen LogP) is 1.04. The molecule has 2 amide bonds. The zero-order valence-electron chi connectivity index (χ0n) is 13.3. The quantitative estimate of drug-likeness (QED) is 0.255. The Hall–Kier alpha value is -2.06. The average Bonchev–Trinajstić information content (AvgIpc) is 3.05. The first kappa shape index (κ1) is 17.3. The number of rotatable bonds is 7. The first-order chi connectivity index (χ1) is 11.0. The first-order valence-electron chi connectivity index (χ1n) is 7.80. The van der Waals surface area contributed by atoms with Gasteiger partial charge in [0.25, 0.3) is 0 Å². The van der Waals surface area contributed by atoms with Crippen LogP contribution in [0.3, 0.4) is 0 Å². The molecule has 0 saturated heterocycles. The molecule has 2 rings (SSSR count). The number of hydroxylamine groups is 2. The van der Waals surface area contributed by atoms with E-state index in [1.54, 1.807) is 13.0 Å². The van der Waals surface area contributed by atoms with E-state index < -0.39 is 11.8 Å². The summed E-state index contributed by atoms with van der Waals surface area (Å²) in [7, 11) is 0. The zero-order valence-corrected chi connectivity index (χ0v) is 13.3. The lowest BCUT2D eigenvalue weighted by Gasteiger charge is -2.25. The van der Waals surface area contributed by atoms with Crippen molar-refractivity contribution in [2.24, 2.45) is 17.7 Å². The SMILES string of the molecule is Cc1ccnc(N(N)C(=O)[C@@H](CC2CCCC2)CN(O)C=O)n1. The van der Waals surface area contributed by atoms with Gasteiger partial charge in [0.1, 0.15) is 0 Å². The number of carbonyl (C=O) groups excluding carboxylic acids is 2. The van der Waals surface area contributed by atoms with Gasteiger partial charge in [0.2, 0.25) is 18.3 Å². The number of nitrogens with two attached hydrogens (primary N) is 1. The Morgan fingerprint density at radius 1 is 1.52 bits per heavy atom. The highest BCUT2D eigenvalue weighted by molar-refractivity contribution is 5.92. The minimum Gasteiger partial charge on any atom is -0.286 e. The van der Waals surface area contributed by atoms with E-state index in [1.165, 1.54) is 6.20 Å². The number of aryl methyl sites for hydroxylation is 1. The largest absolute Gasteiger partial charge is 0.286 e. The van der Waals surface area contributed by atoms with E-state index in [0.29, 0.717) is 29.5 Å². The van der Waals surface area contributed by atoms with Crippen molar-refractivity contribution >= 4 is 18.3 Å². The van der Waals surface area contributed by atoms with Crippen LogP contribution < -0.4 is 10.9 Å². The second-order valence-electron chi connectivity index (χ2n) is 6.02. The maximum atomic E-state index is 12.7. The van der Waals surface area contributed by atoms with Crippen LogP contribution in [0.1, 0.15) is 37.8 Å². The van der Waals surface area contributed by atoms with Crippen molar-refractivity contribution in [1.82, 2.24) is 15.0 Å². The average molecular weight is 321 g/mol. The minimum absolute atomic E-state index is 0.0850. The second kappa shape index (κ2) is 7.98. The molecule has 0 aliphatic heterocycles. The molecule has 1 saturated carbocycles. The third-order valence-corrected chi connectivity index (χ3v) is 4.21. The smallest absolute Gasteiger partial charge is 0.248 e. The zero-order chi connectivity index (χ0) is 16.8. The Bertz CT molecular complexity index is 548. The van der Waals surface area contributed by atoms with Gasteiger partial charge in [0, 0.05) is 11.9 Å². The van der Waals surface area contributed by atoms with Crippen molar-refractivity contribution in [2.45, 2.75) is 39.0 Å². The lowest BCUT2D eigenvalue weighted by molar-refractivity contribution is -0.154. The predicted molar refractivity (Wildman–Crippen MR) is 83.1 cm³/mol. The highest BCUT2D eigenvalue weighted by atomic mass is 16.5. The summed E-state index contributed by atoms with van der Waals surface area (Å²) in [6.07, 6.45) is 6.82. The summed E-state index contributed by atoms with van der Waals surface area (Å²) in [6, 6.07) is 1.71. The van der Waals surface area contributed by atoms with Gasteiger partial charge in [0.15, 0.2) is 0 Å². The second-order valence-corrected chi connectivity index (χ2v) is 6.02. The van der Waals surface area contributed by atoms with Gasteiger partial charge in [-0.05, 0) is 25.3 Å². The maximum absolute atomic E-state index is 12.7. The molecule has 1 aliphatic carbocycles. The third-order valence-electron chi connectivity index (χ3n) is 4.21. The molecule has 1 fully saturated rings. The van der Waals surface area contributed by atoms with Gasteiger partial charge in [-0.15, -0.1) is 0 Å². The number of nitrogens with zero attached hydrogens (tertiary/aromatic N) is 4. The molecule has 8 heteroatoms. The van der Waals surface area contributed by atoms with Crippen molar-refractivity contribution in [3.05, 3.63) is 18.0 Å². The lowest BCUT2D eigenvalue weighted by Crippen LogP contribution is -2.46. The molecule has 1 heterocycles. The molecule has 8 nitrogen and oxygen atoms in total. The normalized spacial score (nSPS) is 16.1. The summed E-state index contributed by atoms with van der Waals surface area (Å²) in [4.78, 5) is 31.5. The van der Waals surface area contributed by atoms with Crippen molar-refractivity contribution in [3.8, 4) is 0 Å². The van der Waals surface area contributed by atoms with Gasteiger partial charge in [0.05, 0.1) is 12.5 Å². The number of aromatic nitrogens is 2. The Kier molecular flexibility index (Phi) is 6.00. The van der Waals surface area contributed by atoms with E-state index in [0.717, 1.165) is 30.7 Å². The Morgan fingerprint density at radius 2 is 2.22 bits per heavy atom. The number of anilines is 1. The maximum Gasteiger partial charge on any atom is 0.248 e. The lowest BCUT2D eigenvalue weighted by atomic mass is 9.92. The number of hydrazine groups is 1. The fourth-order valence-electron chi connectivity index (χ4n) is 3.02. The van der Waals surface area contributed by atoms with E-state index in [9.17, 15) is 14.8 Å². The summed E-state index contributed by atoms with van der Waals surface area (Å²) in [5, 5.41) is 10.9. The van der Waals surface area contributed by atoms with Crippen LogP contribution in [-0.2, 0) is 9.59 Å². The van der Waals surface area contributed by atoms with E-state index in [4.69, 9.17) is 5.84 Å². The molecule has 23 heavy (non-hydrogen) atoms. The van der Waals surface area contributed by atoms with Crippen molar-refractivity contribution in [2.75, 3.05) is 11.6 Å². The van der Waals surface area contributed by atoms with Gasteiger partial charge < -0.3 is 0 Å². The summed E-state index contributed by atoms with van der Waals surface area (Å²) in [6.45, 7) is 1.69. The van der Waals surface area contributed by atoms with Gasteiger partial charge in [-0.3, -0.25) is 14.8 Å². The molecule has 1 aromatic heterocycles. The number of hydrogen-bond donors (Lipinski definition) is 2. The topological polar surface area (TPSA) is 113 Å². The van der Waals surface area contributed by atoms with E-state index in [1.807, 2.05) is 0 Å². The van der Waals surface area contributed by atoms with Crippen LogP contribution in [0.15, 0.2) is 12.3 Å². The molecule has 0 spiro atoms. The van der Waals surface area contributed by atoms with E-state index in [-0.39, 0.29) is 12.5 Å². The third kappa shape index (κ3) is 4.70. The number of amides is 2. The summed E-state index contributed by atoms with van der Waals surface area (Å²) in [5.41, 5.74) is 0.697. The van der Waals surface area contributed by atoms with Crippen LogP contribution in [-0.4, -0.2) is 39.1 Å². The van der Waals surface area contributed by atoms with E-state index in [2.05, 4.69) is 9.97 Å².